The van der Waals surface area contributed by atoms with Crippen LogP contribution in [-0.4, -0.2) is 53.7 Å². The Kier molecular flexibility index (Phi) is 5.07. The largest absolute Gasteiger partial charge is 0.402 e. The first-order valence-electron chi connectivity index (χ1n) is 4.82. The predicted molar refractivity (Wildman–Crippen MR) is 58.9 cm³/mol. The van der Waals surface area contributed by atoms with Gasteiger partial charge in [0.05, 0.1) is 19.0 Å². The highest BCUT2D eigenvalue weighted by Gasteiger charge is 2.37. The van der Waals surface area contributed by atoms with E-state index in [0.717, 1.165) is 12.4 Å². The van der Waals surface area contributed by atoms with E-state index in [1.165, 1.54) is 0 Å². The number of alkyl halides is 3. The van der Waals surface area contributed by atoms with Crippen molar-refractivity contribution < 1.29 is 26.7 Å². The third-order valence-corrected chi connectivity index (χ3v) is 3.93. The zero-order valence-corrected chi connectivity index (χ0v) is 10.9. The van der Waals surface area contributed by atoms with Gasteiger partial charge in [-0.25, -0.2) is 18.4 Å². The van der Waals surface area contributed by atoms with Gasteiger partial charge >= 0.3 is 6.18 Å². The van der Waals surface area contributed by atoms with Gasteiger partial charge in [0, 0.05) is 6.54 Å². The van der Waals surface area contributed by atoms with Crippen molar-refractivity contribution in [2.45, 2.75) is 11.1 Å². The predicted octanol–water partition coefficient (Wildman–Crippen LogP) is 0.675. The lowest BCUT2D eigenvalue weighted by molar-refractivity contribution is -0.136. The third-order valence-electron chi connectivity index (χ3n) is 1.94. The van der Waals surface area contributed by atoms with Crippen LogP contribution in [0.15, 0.2) is 17.3 Å². The average molecular weight is 320 g/mol. The van der Waals surface area contributed by atoms with Crippen LogP contribution in [-0.2, 0) is 10.0 Å². The average Bonchev–Trinajstić information content (AvgIpc) is 2.27. The Morgan fingerprint density at radius 2 is 1.84 bits per heavy atom. The number of aromatic nitrogens is 2. The molecule has 1 aromatic rings. The first-order chi connectivity index (χ1) is 8.66. The highest BCUT2D eigenvalue weighted by molar-refractivity contribution is 7.89. The van der Waals surface area contributed by atoms with Crippen molar-refractivity contribution in [2.24, 2.45) is 0 Å². The van der Waals surface area contributed by atoms with Gasteiger partial charge in [-0.1, -0.05) is 0 Å². The number of nitrogens with zero attached hydrogens (tertiary/aromatic N) is 3. The molecule has 0 amide bonds. The summed E-state index contributed by atoms with van der Waals surface area (Å²) in [5, 5.41) is 8.43. The molecule has 6 nitrogen and oxygen atoms in total. The topological polar surface area (TPSA) is 83.4 Å². The molecule has 0 aliphatic rings. The molecular weight excluding hydrogens is 311 g/mol. The number of rotatable bonds is 5. The quantitative estimate of drug-likeness (QED) is 0.807. The van der Waals surface area contributed by atoms with Crippen molar-refractivity contribution in [2.75, 3.05) is 19.7 Å². The first kappa shape index (κ1) is 16.1. The van der Waals surface area contributed by atoms with Gasteiger partial charge in [0.15, 0.2) is 0 Å². The summed E-state index contributed by atoms with van der Waals surface area (Å²) in [6.45, 7) is -3.15. The molecule has 1 N–H and O–H groups in total. The first-order valence-corrected chi connectivity index (χ1v) is 6.64. The molecule has 1 rings (SSSR count). The van der Waals surface area contributed by atoms with Crippen molar-refractivity contribution in [3.8, 4) is 0 Å². The summed E-state index contributed by atoms with van der Waals surface area (Å²) in [7, 11) is -4.44. The molecule has 0 saturated heterocycles. The molecule has 11 heteroatoms. The maximum Gasteiger partial charge on any atom is 0.402 e. The van der Waals surface area contributed by atoms with Crippen LogP contribution in [0.25, 0.3) is 0 Å². The second kappa shape index (κ2) is 5.99. The summed E-state index contributed by atoms with van der Waals surface area (Å²) in [6, 6.07) is 0. The molecule has 0 aliphatic heterocycles. The van der Waals surface area contributed by atoms with Gasteiger partial charge in [-0.2, -0.15) is 17.5 Å². The van der Waals surface area contributed by atoms with Crippen LogP contribution in [0, 0.1) is 0 Å². The Morgan fingerprint density at radius 1 is 1.32 bits per heavy atom. The lowest BCUT2D eigenvalue weighted by atomic mass is 10.6. The van der Waals surface area contributed by atoms with Gasteiger partial charge in [0.2, 0.25) is 15.3 Å². The molecule has 0 unspecified atom stereocenters. The van der Waals surface area contributed by atoms with Crippen LogP contribution in [0.5, 0.6) is 0 Å². The maximum absolute atomic E-state index is 12.3. The highest BCUT2D eigenvalue weighted by atomic mass is 35.5. The van der Waals surface area contributed by atoms with Crippen molar-refractivity contribution in [3.63, 3.8) is 0 Å². The minimum Gasteiger partial charge on any atom is -0.395 e. The lowest BCUT2D eigenvalue weighted by Gasteiger charge is -2.22. The second-order valence-electron chi connectivity index (χ2n) is 3.37. The molecule has 1 aromatic heterocycles. The van der Waals surface area contributed by atoms with Gasteiger partial charge in [-0.15, -0.1) is 0 Å². The number of sulfonamides is 1. The smallest absolute Gasteiger partial charge is 0.395 e. The fourth-order valence-electron chi connectivity index (χ4n) is 1.18. The van der Waals surface area contributed by atoms with Gasteiger partial charge < -0.3 is 5.11 Å². The molecule has 0 aromatic carbocycles. The number of hydrogen-bond donors (Lipinski definition) is 1. The molecule has 0 fully saturated rings. The molecule has 0 saturated carbocycles. The fraction of sp³-hybridized carbons (Fsp3) is 0.500. The monoisotopic (exact) mass is 319 g/mol. The number of hydrogen-bond acceptors (Lipinski definition) is 5. The van der Waals surface area contributed by atoms with Gasteiger partial charge in [-0.3, -0.25) is 0 Å². The van der Waals surface area contributed by atoms with Crippen LogP contribution < -0.4 is 0 Å². The van der Waals surface area contributed by atoms with Crippen LogP contribution in [0.3, 0.4) is 0 Å². The van der Waals surface area contributed by atoms with E-state index in [9.17, 15) is 21.6 Å². The molecule has 0 bridgehead atoms. The summed E-state index contributed by atoms with van der Waals surface area (Å²) in [4.78, 5) is 6.25. The summed E-state index contributed by atoms with van der Waals surface area (Å²) in [5.74, 6) is 0. The minimum atomic E-state index is -4.73. The van der Waals surface area contributed by atoms with Crippen molar-refractivity contribution >= 4 is 21.6 Å². The van der Waals surface area contributed by atoms with Crippen LogP contribution >= 0.6 is 11.6 Å². The zero-order valence-electron chi connectivity index (χ0n) is 9.30. The van der Waals surface area contributed by atoms with Crippen molar-refractivity contribution in [1.82, 2.24) is 14.3 Å². The van der Waals surface area contributed by atoms with E-state index >= 15 is 0 Å². The Hall–Kier alpha value is -0.970. The Bertz CT molecular complexity index is 520. The molecule has 108 valence electrons. The van der Waals surface area contributed by atoms with Crippen LogP contribution in [0.4, 0.5) is 13.2 Å². The second-order valence-corrected chi connectivity index (χ2v) is 5.64. The summed E-state index contributed by atoms with van der Waals surface area (Å²) >= 11 is 5.36. The van der Waals surface area contributed by atoms with Gasteiger partial charge in [-0.05, 0) is 11.6 Å². The molecule has 0 aliphatic carbocycles. The van der Waals surface area contributed by atoms with Crippen LogP contribution in [0.2, 0.25) is 5.28 Å². The van der Waals surface area contributed by atoms with E-state index in [1.807, 2.05) is 0 Å². The van der Waals surface area contributed by atoms with E-state index in [0.29, 0.717) is 0 Å². The molecule has 0 atom stereocenters. The minimum absolute atomic E-state index is 0.0968. The number of aliphatic hydroxyl groups excluding tert-OH is 1. The molecule has 0 spiro atoms. The standard InChI is InChI=1S/C8H9ClF3N3O3S/c9-7-13-3-6(4-14-7)19(17,18)15(1-2-16)5-8(10,11)12/h3-4,16H,1-2,5H2. The van der Waals surface area contributed by atoms with Gasteiger partial charge in [0.25, 0.3) is 0 Å². The number of halogens is 4. The molecule has 1 heterocycles. The Labute approximate surface area is 111 Å². The molecule has 19 heavy (non-hydrogen) atoms. The van der Waals surface area contributed by atoms with E-state index in [1.54, 1.807) is 0 Å². The Balaban J connectivity index is 3.09. The van der Waals surface area contributed by atoms with E-state index in [4.69, 9.17) is 16.7 Å². The highest BCUT2D eigenvalue weighted by Crippen LogP contribution is 2.22. The SMILES string of the molecule is O=S(=O)(c1cnc(Cl)nc1)N(CCO)CC(F)(F)F. The normalized spacial score (nSPS) is 12.9. The van der Waals surface area contributed by atoms with Crippen molar-refractivity contribution in [3.05, 3.63) is 17.7 Å². The van der Waals surface area contributed by atoms with E-state index in [-0.39, 0.29) is 9.59 Å². The molecular formula is C8H9ClF3N3O3S. The number of aliphatic hydroxyl groups is 1. The van der Waals surface area contributed by atoms with E-state index < -0.39 is 40.8 Å². The van der Waals surface area contributed by atoms with Gasteiger partial charge in [0.1, 0.15) is 11.4 Å². The third kappa shape index (κ3) is 4.56. The Morgan fingerprint density at radius 3 is 2.26 bits per heavy atom. The summed E-state index contributed by atoms with van der Waals surface area (Å²) < 4.78 is 60.8. The summed E-state index contributed by atoms with van der Waals surface area (Å²) in [6.07, 6.45) is -3.13. The molecule has 0 radical (unpaired) electrons. The lowest BCUT2D eigenvalue weighted by Crippen LogP contribution is -2.40. The maximum atomic E-state index is 12.3. The van der Waals surface area contributed by atoms with Crippen LogP contribution in [0.1, 0.15) is 0 Å². The van der Waals surface area contributed by atoms with Crippen molar-refractivity contribution in [1.29, 1.82) is 0 Å². The van der Waals surface area contributed by atoms with E-state index in [2.05, 4.69) is 9.97 Å². The fourth-order valence-corrected chi connectivity index (χ4v) is 2.58. The summed E-state index contributed by atoms with van der Waals surface area (Å²) in [5.41, 5.74) is 0. The zero-order chi connectivity index (χ0) is 14.7.